The number of fused-ring (bicyclic) bond motifs is 1. The highest BCUT2D eigenvalue weighted by molar-refractivity contribution is 7.18. The Morgan fingerprint density at radius 1 is 1.43 bits per heavy atom. The van der Waals surface area contributed by atoms with Gasteiger partial charge in [-0.2, -0.15) is 10.2 Å². The maximum atomic E-state index is 12.8. The zero-order valence-corrected chi connectivity index (χ0v) is 17.5. The Bertz CT molecular complexity index is 1110. The first-order valence-corrected chi connectivity index (χ1v) is 9.97. The summed E-state index contributed by atoms with van der Waals surface area (Å²) in [6, 6.07) is 1.15. The van der Waals surface area contributed by atoms with Crippen molar-refractivity contribution in [1.29, 1.82) is 0 Å². The SMILES string of the molecule is CCCc1cc2c(=O)n(C(C)C(=O)N/N=C(\C)c3cn(C)nc3C)cnc2s1. The molecule has 1 amide bonds. The number of amides is 1. The Labute approximate surface area is 166 Å². The van der Waals surface area contributed by atoms with Crippen molar-refractivity contribution in [3.63, 3.8) is 0 Å². The van der Waals surface area contributed by atoms with Crippen molar-refractivity contribution < 1.29 is 4.79 Å². The Morgan fingerprint density at radius 2 is 2.18 bits per heavy atom. The number of hydrogen-bond acceptors (Lipinski definition) is 6. The highest BCUT2D eigenvalue weighted by atomic mass is 32.1. The zero-order valence-electron chi connectivity index (χ0n) is 16.7. The number of hydrazone groups is 1. The monoisotopic (exact) mass is 400 g/mol. The molecule has 3 aromatic heterocycles. The molecule has 1 atom stereocenters. The highest BCUT2D eigenvalue weighted by Crippen LogP contribution is 2.22. The van der Waals surface area contributed by atoms with Crippen molar-refractivity contribution in [2.45, 2.75) is 46.6 Å². The second kappa shape index (κ2) is 8.05. The van der Waals surface area contributed by atoms with Gasteiger partial charge in [-0.3, -0.25) is 18.8 Å². The molecular weight excluding hydrogens is 376 g/mol. The number of nitrogens with one attached hydrogen (secondary N) is 1. The molecule has 0 saturated heterocycles. The van der Waals surface area contributed by atoms with Crippen LogP contribution in [0.1, 0.15) is 49.4 Å². The number of nitrogens with zero attached hydrogens (tertiary/aromatic N) is 5. The van der Waals surface area contributed by atoms with Crippen molar-refractivity contribution in [3.8, 4) is 0 Å². The normalized spacial score (nSPS) is 13.1. The van der Waals surface area contributed by atoms with Crippen molar-refractivity contribution >= 4 is 33.2 Å². The van der Waals surface area contributed by atoms with Crippen molar-refractivity contribution in [3.05, 3.63) is 45.1 Å². The van der Waals surface area contributed by atoms with Gasteiger partial charge in [0, 0.05) is 23.7 Å². The van der Waals surface area contributed by atoms with E-state index in [0.717, 1.165) is 29.0 Å². The molecular formula is C19H24N6O2S. The quantitative estimate of drug-likeness (QED) is 0.508. The third-order valence-electron chi connectivity index (χ3n) is 4.56. The smallest absolute Gasteiger partial charge is 0.263 e. The summed E-state index contributed by atoms with van der Waals surface area (Å²) in [6.45, 7) is 7.43. The van der Waals surface area contributed by atoms with Gasteiger partial charge in [-0.1, -0.05) is 13.3 Å². The topological polar surface area (TPSA) is 94.2 Å². The van der Waals surface area contributed by atoms with E-state index in [1.54, 1.807) is 18.5 Å². The molecule has 1 N–H and O–H groups in total. The summed E-state index contributed by atoms with van der Waals surface area (Å²) in [6.07, 6.45) is 5.20. The van der Waals surface area contributed by atoms with E-state index < -0.39 is 6.04 Å². The predicted octanol–water partition coefficient (Wildman–Crippen LogP) is 2.55. The maximum Gasteiger partial charge on any atom is 0.263 e. The van der Waals surface area contributed by atoms with E-state index in [-0.39, 0.29) is 11.5 Å². The molecule has 0 aliphatic carbocycles. The van der Waals surface area contributed by atoms with Gasteiger partial charge >= 0.3 is 0 Å². The van der Waals surface area contributed by atoms with Crippen LogP contribution in [0.3, 0.4) is 0 Å². The minimum absolute atomic E-state index is 0.213. The molecule has 0 saturated carbocycles. The van der Waals surface area contributed by atoms with Crippen LogP contribution in [-0.2, 0) is 18.3 Å². The van der Waals surface area contributed by atoms with Crippen LogP contribution in [0.15, 0.2) is 28.5 Å². The summed E-state index contributed by atoms with van der Waals surface area (Å²) in [5.74, 6) is -0.381. The molecule has 0 aliphatic rings. The van der Waals surface area contributed by atoms with Crippen LogP contribution in [0.5, 0.6) is 0 Å². The molecule has 8 nitrogen and oxygen atoms in total. The summed E-state index contributed by atoms with van der Waals surface area (Å²) in [5.41, 5.74) is 4.67. The van der Waals surface area contributed by atoms with Crippen LogP contribution in [0.4, 0.5) is 0 Å². The highest BCUT2D eigenvalue weighted by Gasteiger charge is 2.19. The first kappa shape index (κ1) is 19.9. The number of hydrogen-bond donors (Lipinski definition) is 1. The Balaban J connectivity index is 1.81. The lowest BCUT2D eigenvalue weighted by Crippen LogP contribution is -2.34. The summed E-state index contributed by atoms with van der Waals surface area (Å²) >= 11 is 1.53. The van der Waals surface area contributed by atoms with E-state index >= 15 is 0 Å². The molecule has 0 bridgehead atoms. The maximum absolute atomic E-state index is 12.8. The van der Waals surface area contributed by atoms with Gasteiger partial charge in [-0.25, -0.2) is 10.4 Å². The van der Waals surface area contributed by atoms with Gasteiger partial charge in [0.15, 0.2) is 0 Å². The van der Waals surface area contributed by atoms with Crippen LogP contribution in [0, 0.1) is 6.92 Å². The minimum atomic E-state index is -0.731. The van der Waals surface area contributed by atoms with Crippen LogP contribution >= 0.6 is 11.3 Å². The third-order valence-corrected chi connectivity index (χ3v) is 5.66. The lowest BCUT2D eigenvalue weighted by Gasteiger charge is -2.13. The number of carbonyl (C=O) groups excluding carboxylic acids is 1. The molecule has 3 heterocycles. The van der Waals surface area contributed by atoms with Crippen LogP contribution in [0.25, 0.3) is 10.2 Å². The summed E-state index contributed by atoms with van der Waals surface area (Å²) in [7, 11) is 1.83. The molecule has 3 aromatic rings. The number of carbonyl (C=O) groups is 1. The van der Waals surface area contributed by atoms with Crippen LogP contribution in [-0.4, -0.2) is 31.0 Å². The second-order valence-electron chi connectivity index (χ2n) is 6.79. The fraction of sp³-hybridized carbons (Fsp3) is 0.421. The molecule has 148 valence electrons. The van der Waals surface area contributed by atoms with E-state index in [1.165, 1.54) is 22.2 Å². The largest absolute Gasteiger partial charge is 0.286 e. The molecule has 0 spiro atoms. The minimum Gasteiger partial charge on any atom is -0.286 e. The van der Waals surface area contributed by atoms with E-state index in [4.69, 9.17) is 0 Å². The second-order valence-corrected chi connectivity index (χ2v) is 7.90. The lowest BCUT2D eigenvalue weighted by molar-refractivity contribution is -0.123. The first-order chi connectivity index (χ1) is 13.3. The molecule has 9 heteroatoms. The fourth-order valence-corrected chi connectivity index (χ4v) is 4.09. The van der Waals surface area contributed by atoms with Crippen LogP contribution < -0.4 is 11.0 Å². The molecule has 28 heavy (non-hydrogen) atoms. The van der Waals surface area contributed by atoms with Gasteiger partial charge in [0.2, 0.25) is 0 Å². The van der Waals surface area contributed by atoms with Crippen molar-refractivity contribution in [1.82, 2.24) is 24.8 Å². The van der Waals surface area contributed by atoms with Gasteiger partial charge in [0.25, 0.3) is 11.5 Å². The fourth-order valence-electron chi connectivity index (χ4n) is 3.01. The van der Waals surface area contributed by atoms with E-state index in [9.17, 15) is 9.59 Å². The van der Waals surface area contributed by atoms with Crippen LogP contribution in [0.2, 0.25) is 0 Å². The third kappa shape index (κ3) is 3.89. The van der Waals surface area contributed by atoms with E-state index in [2.05, 4.69) is 27.5 Å². The average molecular weight is 401 g/mol. The predicted molar refractivity (Wildman–Crippen MR) is 111 cm³/mol. The lowest BCUT2D eigenvalue weighted by atomic mass is 10.2. The van der Waals surface area contributed by atoms with Gasteiger partial charge in [0.1, 0.15) is 10.9 Å². The van der Waals surface area contributed by atoms with Gasteiger partial charge in [-0.15, -0.1) is 11.3 Å². The molecule has 0 radical (unpaired) electrons. The van der Waals surface area contributed by atoms with Gasteiger partial charge in [-0.05, 0) is 33.3 Å². The molecule has 0 aromatic carbocycles. The summed E-state index contributed by atoms with van der Waals surface area (Å²) in [4.78, 5) is 31.5. The summed E-state index contributed by atoms with van der Waals surface area (Å²) < 4.78 is 3.04. The molecule has 0 fully saturated rings. The van der Waals surface area contributed by atoms with E-state index in [0.29, 0.717) is 15.9 Å². The Kier molecular flexibility index (Phi) is 5.73. The number of aryl methyl sites for hydroxylation is 3. The van der Waals surface area contributed by atoms with Crippen molar-refractivity contribution in [2.75, 3.05) is 0 Å². The number of aromatic nitrogens is 4. The standard InChI is InChI=1S/C19H24N6O2S/c1-6-7-14-8-15-18(28-14)20-10-25(19(15)27)13(4)17(26)22-21-11(2)16-9-24(5)23-12(16)3/h8-10,13H,6-7H2,1-5H3,(H,22,26)/b21-11+. The Hall–Kier alpha value is -2.81. The zero-order chi connectivity index (χ0) is 20.4. The Morgan fingerprint density at radius 3 is 2.82 bits per heavy atom. The van der Waals surface area contributed by atoms with E-state index in [1.807, 2.05) is 26.2 Å². The van der Waals surface area contributed by atoms with Gasteiger partial charge in [0.05, 0.1) is 23.1 Å². The van der Waals surface area contributed by atoms with Gasteiger partial charge < -0.3 is 0 Å². The number of thiophene rings is 1. The molecule has 1 unspecified atom stereocenters. The van der Waals surface area contributed by atoms with Crippen molar-refractivity contribution in [2.24, 2.45) is 12.1 Å². The molecule has 0 aliphatic heterocycles. The first-order valence-electron chi connectivity index (χ1n) is 9.16. The summed E-state index contributed by atoms with van der Waals surface area (Å²) in [5, 5.41) is 8.99. The molecule has 3 rings (SSSR count). The average Bonchev–Trinajstić information content (AvgIpc) is 3.22. The number of rotatable bonds is 6.